The van der Waals surface area contributed by atoms with E-state index in [1.165, 1.54) is 8.93 Å². The molecule has 70 valence electrons. The minimum atomic E-state index is -4.37. The van der Waals surface area contributed by atoms with Gasteiger partial charge in [0.2, 0.25) is 0 Å². The third-order valence-electron chi connectivity index (χ3n) is 0.991. The summed E-state index contributed by atoms with van der Waals surface area (Å²) in [5.41, 5.74) is -0.875. The van der Waals surface area contributed by atoms with Gasteiger partial charge in [-0.3, -0.25) is 0 Å². The summed E-state index contributed by atoms with van der Waals surface area (Å²) in [6.45, 7) is 0. The van der Waals surface area contributed by atoms with E-state index in [2.05, 4.69) is 16.2 Å². The monoisotopic (exact) mass is 335 g/mol. The van der Waals surface area contributed by atoms with Gasteiger partial charge in [-0.15, -0.1) is 11.3 Å². The molecule has 0 spiro atoms. The Balaban J connectivity index is 2.87. The van der Waals surface area contributed by atoms with Crippen molar-refractivity contribution in [3.05, 3.63) is 16.1 Å². The van der Waals surface area contributed by atoms with Crippen molar-refractivity contribution in [2.75, 3.05) is 0 Å². The standard InChI is InChI=1S/C6HF3INS2/c7-6(8,9)4-3-12-5(11-4)1-2-13-10/h3H. The number of hydrogen-bond donors (Lipinski definition) is 0. The Morgan fingerprint density at radius 2 is 2.23 bits per heavy atom. The Kier molecular flexibility index (Phi) is 3.87. The quantitative estimate of drug-likeness (QED) is 0.531. The summed E-state index contributed by atoms with van der Waals surface area (Å²) in [6.07, 6.45) is -4.37. The second-order valence-electron chi connectivity index (χ2n) is 1.84. The second-order valence-corrected chi connectivity index (χ2v) is 4.38. The van der Waals surface area contributed by atoms with E-state index in [0.29, 0.717) is 0 Å². The molecule has 0 atom stereocenters. The summed E-state index contributed by atoms with van der Waals surface area (Å²) in [5, 5.41) is 3.71. The molecule has 0 bridgehead atoms. The third-order valence-corrected chi connectivity index (χ3v) is 2.59. The van der Waals surface area contributed by atoms with Gasteiger partial charge in [0.15, 0.2) is 10.7 Å². The van der Waals surface area contributed by atoms with Crippen LogP contribution in [0.25, 0.3) is 0 Å². The summed E-state index contributed by atoms with van der Waals surface area (Å²) >= 11 is 2.83. The van der Waals surface area contributed by atoms with Gasteiger partial charge in [-0.25, -0.2) is 4.98 Å². The van der Waals surface area contributed by atoms with E-state index >= 15 is 0 Å². The van der Waals surface area contributed by atoms with Gasteiger partial charge in [0.1, 0.15) is 0 Å². The molecule has 1 aromatic rings. The van der Waals surface area contributed by atoms with Crippen molar-refractivity contribution in [3.8, 4) is 11.2 Å². The lowest BCUT2D eigenvalue weighted by Crippen LogP contribution is -2.04. The molecule has 0 aliphatic carbocycles. The Morgan fingerprint density at radius 3 is 2.69 bits per heavy atom. The summed E-state index contributed by atoms with van der Waals surface area (Å²) in [6, 6.07) is 0. The number of rotatable bonds is 0. The lowest BCUT2D eigenvalue weighted by molar-refractivity contribution is -0.140. The number of alkyl halides is 3. The van der Waals surface area contributed by atoms with Gasteiger partial charge < -0.3 is 0 Å². The minimum Gasteiger partial charge on any atom is -0.223 e. The van der Waals surface area contributed by atoms with Crippen LogP contribution in [-0.4, -0.2) is 4.98 Å². The summed E-state index contributed by atoms with van der Waals surface area (Å²) in [5.74, 6) is 2.50. The van der Waals surface area contributed by atoms with Crippen LogP contribution in [0.15, 0.2) is 5.38 Å². The fourth-order valence-electron chi connectivity index (χ4n) is 0.524. The smallest absolute Gasteiger partial charge is 0.223 e. The van der Waals surface area contributed by atoms with Gasteiger partial charge in [-0.1, -0.05) is 0 Å². The lowest BCUT2D eigenvalue weighted by Gasteiger charge is -1.98. The van der Waals surface area contributed by atoms with Gasteiger partial charge in [-0.2, -0.15) is 13.2 Å². The van der Waals surface area contributed by atoms with E-state index in [9.17, 15) is 13.2 Å². The molecule has 0 radical (unpaired) electrons. The molecule has 0 fully saturated rings. The molecule has 0 N–H and O–H groups in total. The fourth-order valence-corrected chi connectivity index (χ4v) is 1.73. The molecule has 0 saturated heterocycles. The molecule has 7 heteroatoms. The summed E-state index contributed by atoms with van der Waals surface area (Å²) in [7, 11) is 1.21. The van der Waals surface area contributed by atoms with E-state index in [-0.39, 0.29) is 5.01 Å². The molecule has 0 aliphatic rings. The van der Waals surface area contributed by atoms with Crippen molar-refractivity contribution < 1.29 is 13.2 Å². The molecule has 0 aliphatic heterocycles. The van der Waals surface area contributed by atoms with E-state index in [1.54, 1.807) is 0 Å². The highest BCUT2D eigenvalue weighted by Crippen LogP contribution is 2.29. The van der Waals surface area contributed by atoms with Gasteiger partial charge in [0.05, 0.1) is 0 Å². The first-order valence-electron chi connectivity index (χ1n) is 2.85. The maximum Gasteiger partial charge on any atom is 0.434 e. The van der Waals surface area contributed by atoms with Crippen molar-refractivity contribution in [1.82, 2.24) is 4.98 Å². The Labute approximate surface area is 92.7 Å². The average Bonchev–Trinajstić information content (AvgIpc) is 2.47. The SMILES string of the molecule is FC(F)(F)c1csc(C#CSI)n1. The van der Waals surface area contributed by atoms with Crippen LogP contribution in [0.4, 0.5) is 13.2 Å². The number of halogens is 4. The molecular weight excluding hydrogens is 334 g/mol. The van der Waals surface area contributed by atoms with E-state index in [4.69, 9.17) is 0 Å². The minimum absolute atomic E-state index is 0.191. The van der Waals surface area contributed by atoms with Crippen molar-refractivity contribution in [3.63, 3.8) is 0 Å². The van der Waals surface area contributed by atoms with Crippen molar-refractivity contribution in [1.29, 1.82) is 0 Å². The first-order chi connectivity index (χ1) is 6.04. The number of aromatic nitrogens is 1. The highest BCUT2D eigenvalue weighted by molar-refractivity contribution is 14.2. The van der Waals surface area contributed by atoms with Crippen LogP contribution >= 0.6 is 41.5 Å². The third kappa shape index (κ3) is 3.36. The van der Waals surface area contributed by atoms with Gasteiger partial charge >= 0.3 is 6.18 Å². The highest BCUT2D eigenvalue weighted by atomic mass is 127. The lowest BCUT2D eigenvalue weighted by atomic mass is 10.5. The zero-order chi connectivity index (χ0) is 9.90. The fraction of sp³-hybridized carbons (Fsp3) is 0.167. The van der Waals surface area contributed by atoms with E-state index in [0.717, 1.165) is 16.7 Å². The average molecular weight is 335 g/mol. The molecule has 0 aromatic carbocycles. The molecule has 0 amide bonds. The molecule has 1 heterocycles. The summed E-state index contributed by atoms with van der Waals surface area (Å²) < 4.78 is 36.0. The second kappa shape index (κ2) is 4.52. The molecule has 1 rings (SSSR count). The Bertz CT molecular complexity index is 349. The Hall–Kier alpha value is 0.0600. The number of thiazole rings is 1. The Morgan fingerprint density at radius 1 is 1.54 bits per heavy atom. The van der Waals surface area contributed by atoms with Crippen LogP contribution in [0.3, 0.4) is 0 Å². The number of nitrogens with zero attached hydrogens (tertiary/aromatic N) is 1. The van der Waals surface area contributed by atoms with Crippen molar-refractivity contribution >= 4 is 41.5 Å². The van der Waals surface area contributed by atoms with Crippen molar-refractivity contribution in [2.45, 2.75) is 6.18 Å². The van der Waals surface area contributed by atoms with Gasteiger partial charge in [-0.05, 0) is 20.1 Å². The maximum atomic E-state index is 12.0. The zero-order valence-corrected chi connectivity index (χ0v) is 9.64. The summed E-state index contributed by atoms with van der Waals surface area (Å²) in [4.78, 5) is 3.32. The predicted molar refractivity (Wildman–Crippen MR) is 55.6 cm³/mol. The van der Waals surface area contributed by atoms with Gasteiger partial charge in [0, 0.05) is 26.6 Å². The van der Waals surface area contributed by atoms with Crippen LogP contribution in [0.2, 0.25) is 0 Å². The van der Waals surface area contributed by atoms with Crippen molar-refractivity contribution in [2.24, 2.45) is 0 Å². The van der Waals surface area contributed by atoms with Crippen LogP contribution in [0, 0.1) is 11.2 Å². The topological polar surface area (TPSA) is 12.9 Å². The molecule has 1 nitrogen and oxygen atoms in total. The first-order valence-corrected chi connectivity index (χ1v) is 7.09. The first kappa shape index (κ1) is 11.1. The predicted octanol–water partition coefficient (Wildman–Crippen LogP) is 3.55. The van der Waals surface area contributed by atoms with Crippen LogP contribution in [0.1, 0.15) is 10.7 Å². The highest BCUT2D eigenvalue weighted by Gasteiger charge is 2.33. The van der Waals surface area contributed by atoms with Crippen LogP contribution in [-0.2, 0) is 6.18 Å². The molecule has 0 unspecified atom stereocenters. The molecular formula is C6HF3INS2. The van der Waals surface area contributed by atoms with E-state index in [1.807, 2.05) is 21.2 Å². The largest absolute Gasteiger partial charge is 0.434 e. The van der Waals surface area contributed by atoms with Gasteiger partial charge in [0.25, 0.3) is 0 Å². The number of hydrogen-bond acceptors (Lipinski definition) is 3. The maximum absolute atomic E-state index is 12.0. The van der Waals surface area contributed by atoms with Crippen LogP contribution < -0.4 is 0 Å². The van der Waals surface area contributed by atoms with E-state index < -0.39 is 11.9 Å². The normalized spacial score (nSPS) is 10.8. The molecule has 1 aromatic heterocycles. The molecule has 0 saturated carbocycles. The molecule has 13 heavy (non-hydrogen) atoms. The van der Waals surface area contributed by atoms with Crippen LogP contribution in [0.5, 0.6) is 0 Å². The zero-order valence-electron chi connectivity index (χ0n) is 5.85.